The molecule has 0 atom stereocenters. The van der Waals surface area contributed by atoms with Crippen LogP contribution in [0.4, 0.5) is 5.69 Å². The number of amides is 1. The molecule has 0 aliphatic carbocycles. The Kier molecular flexibility index (Phi) is 5.90. The monoisotopic (exact) mass is 372 g/mol. The molecule has 0 aromatic heterocycles. The first-order valence-electron chi connectivity index (χ1n) is 8.77. The van der Waals surface area contributed by atoms with Crippen LogP contribution in [0.15, 0.2) is 42.5 Å². The van der Waals surface area contributed by atoms with Gasteiger partial charge in [-0.25, -0.2) is 0 Å². The van der Waals surface area contributed by atoms with Crippen molar-refractivity contribution in [3.05, 3.63) is 42.5 Å². The van der Waals surface area contributed by atoms with Crippen LogP contribution in [0.1, 0.15) is 0 Å². The third-order valence-corrected chi connectivity index (χ3v) is 4.54. The van der Waals surface area contributed by atoms with Gasteiger partial charge in [-0.1, -0.05) is 6.07 Å². The molecular weight excluding hydrogens is 348 g/mol. The van der Waals surface area contributed by atoms with Gasteiger partial charge in [0.05, 0.1) is 19.9 Å². The molecule has 1 heterocycles. The van der Waals surface area contributed by atoms with E-state index in [0.717, 1.165) is 17.2 Å². The Morgan fingerprint density at radius 2 is 1.78 bits per heavy atom. The van der Waals surface area contributed by atoms with Gasteiger partial charge in [0.25, 0.3) is 5.91 Å². The van der Waals surface area contributed by atoms with Crippen LogP contribution in [0, 0.1) is 0 Å². The third kappa shape index (κ3) is 4.55. The summed E-state index contributed by atoms with van der Waals surface area (Å²) < 4.78 is 16.2. The van der Waals surface area contributed by atoms with Crippen molar-refractivity contribution < 1.29 is 24.1 Å². The van der Waals surface area contributed by atoms with E-state index in [0.29, 0.717) is 31.9 Å². The van der Waals surface area contributed by atoms with E-state index in [9.17, 15) is 9.90 Å². The van der Waals surface area contributed by atoms with Gasteiger partial charge in [-0.05, 0) is 24.3 Å². The highest BCUT2D eigenvalue weighted by atomic mass is 16.5. The Balaban J connectivity index is 1.56. The van der Waals surface area contributed by atoms with E-state index in [1.165, 1.54) is 6.07 Å². The minimum atomic E-state index is -0.0735. The van der Waals surface area contributed by atoms with Crippen molar-refractivity contribution in [2.45, 2.75) is 0 Å². The second-order valence-electron chi connectivity index (χ2n) is 6.19. The van der Waals surface area contributed by atoms with Crippen molar-refractivity contribution in [3.63, 3.8) is 0 Å². The summed E-state index contributed by atoms with van der Waals surface area (Å²) >= 11 is 0. The van der Waals surface area contributed by atoms with E-state index in [4.69, 9.17) is 14.2 Å². The normalized spacial score (nSPS) is 14.0. The number of methoxy groups -OCH3 is 2. The van der Waals surface area contributed by atoms with Gasteiger partial charge in [-0.3, -0.25) is 4.79 Å². The molecule has 0 radical (unpaired) electrons. The predicted octanol–water partition coefficient (Wildman–Crippen LogP) is 2.14. The van der Waals surface area contributed by atoms with Gasteiger partial charge in [-0.2, -0.15) is 0 Å². The zero-order chi connectivity index (χ0) is 19.2. The predicted molar refractivity (Wildman–Crippen MR) is 102 cm³/mol. The van der Waals surface area contributed by atoms with Gasteiger partial charge in [0.1, 0.15) is 23.0 Å². The summed E-state index contributed by atoms with van der Waals surface area (Å²) in [4.78, 5) is 16.4. The standard InChI is InChI=1S/C20H24N2O5/c1-25-16-6-7-19(26-2)18(13-16)21-8-10-22(11-9-21)20(24)14-27-17-5-3-4-15(23)12-17/h3-7,12-13,23H,8-11,14H2,1-2H3. The molecule has 7 heteroatoms. The van der Waals surface area contributed by atoms with Crippen LogP contribution in [0.3, 0.4) is 0 Å². The maximum atomic E-state index is 12.4. The Bertz CT molecular complexity index is 788. The molecule has 7 nitrogen and oxygen atoms in total. The molecule has 27 heavy (non-hydrogen) atoms. The summed E-state index contributed by atoms with van der Waals surface area (Å²) in [6.45, 7) is 2.54. The molecule has 1 aliphatic rings. The number of ether oxygens (including phenoxy) is 3. The second kappa shape index (κ2) is 8.53. The van der Waals surface area contributed by atoms with Crippen molar-refractivity contribution in [2.75, 3.05) is 51.9 Å². The van der Waals surface area contributed by atoms with E-state index >= 15 is 0 Å². The molecule has 1 aliphatic heterocycles. The first-order chi connectivity index (χ1) is 13.1. The minimum absolute atomic E-state index is 0.0497. The van der Waals surface area contributed by atoms with Crippen molar-refractivity contribution >= 4 is 11.6 Å². The van der Waals surface area contributed by atoms with Crippen LogP contribution in [-0.2, 0) is 4.79 Å². The van der Waals surface area contributed by atoms with Gasteiger partial charge < -0.3 is 29.1 Å². The lowest BCUT2D eigenvalue weighted by atomic mass is 10.2. The summed E-state index contributed by atoms with van der Waals surface area (Å²) in [5, 5.41) is 9.44. The van der Waals surface area contributed by atoms with Crippen LogP contribution in [0.2, 0.25) is 0 Å². The lowest BCUT2D eigenvalue weighted by Crippen LogP contribution is -2.50. The number of phenolic OH excluding ortho intramolecular Hbond substituents is 1. The highest BCUT2D eigenvalue weighted by molar-refractivity contribution is 5.78. The average molecular weight is 372 g/mol. The topological polar surface area (TPSA) is 71.5 Å². The molecule has 2 aromatic carbocycles. The number of hydrogen-bond acceptors (Lipinski definition) is 6. The van der Waals surface area contributed by atoms with Crippen LogP contribution in [0.5, 0.6) is 23.0 Å². The molecule has 1 fully saturated rings. The number of carbonyl (C=O) groups is 1. The molecule has 1 saturated heterocycles. The molecule has 0 bridgehead atoms. The summed E-state index contributed by atoms with van der Waals surface area (Å²) in [5.74, 6) is 2.06. The second-order valence-corrected chi connectivity index (χ2v) is 6.19. The van der Waals surface area contributed by atoms with E-state index in [1.54, 1.807) is 37.3 Å². The van der Waals surface area contributed by atoms with Crippen LogP contribution >= 0.6 is 0 Å². The summed E-state index contributed by atoms with van der Waals surface area (Å²) in [5.41, 5.74) is 0.958. The highest BCUT2D eigenvalue weighted by Gasteiger charge is 2.23. The number of phenols is 1. The molecule has 0 unspecified atom stereocenters. The lowest BCUT2D eigenvalue weighted by molar-refractivity contribution is -0.133. The zero-order valence-electron chi connectivity index (χ0n) is 15.6. The van der Waals surface area contributed by atoms with Crippen molar-refractivity contribution in [1.29, 1.82) is 0 Å². The van der Waals surface area contributed by atoms with Gasteiger partial charge in [0.15, 0.2) is 6.61 Å². The Labute approximate surface area is 158 Å². The first-order valence-corrected chi connectivity index (χ1v) is 8.77. The van der Waals surface area contributed by atoms with Gasteiger partial charge >= 0.3 is 0 Å². The molecule has 0 saturated carbocycles. The molecule has 0 spiro atoms. The smallest absolute Gasteiger partial charge is 0.260 e. The number of aromatic hydroxyl groups is 1. The SMILES string of the molecule is COc1ccc(OC)c(N2CCN(C(=O)COc3cccc(O)c3)CC2)c1. The fourth-order valence-electron chi connectivity index (χ4n) is 3.05. The van der Waals surface area contributed by atoms with Crippen LogP contribution in [0.25, 0.3) is 0 Å². The van der Waals surface area contributed by atoms with Crippen LogP contribution < -0.4 is 19.1 Å². The molecule has 144 valence electrons. The maximum absolute atomic E-state index is 12.4. The number of anilines is 1. The Hall–Kier alpha value is -3.09. The third-order valence-electron chi connectivity index (χ3n) is 4.54. The van der Waals surface area contributed by atoms with Crippen LogP contribution in [-0.4, -0.2) is 62.9 Å². The summed E-state index contributed by atoms with van der Waals surface area (Å²) in [7, 11) is 3.28. The number of benzene rings is 2. The quantitative estimate of drug-likeness (QED) is 0.838. The van der Waals surface area contributed by atoms with Gasteiger partial charge in [0.2, 0.25) is 0 Å². The number of rotatable bonds is 6. The highest BCUT2D eigenvalue weighted by Crippen LogP contribution is 2.32. The fraction of sp³-hybridized carbons (Fsp3) is 0.350. The molecular formula is C20H24N2O5. The first kappa shape index (κ1) is 18.7. The number of nitrogens with zero attached hydrogens (tertiary/aromatic N) is 2. The molecule has 2 aromatic rings. The molecule has 1 N–H and O–H groups in total. The Morgan fingerprint density at radius 1 is 1.00 bits per heavy atom. The van der Waals surface area contributed by atoms with Gasteiger partial charge in [0, 0.05) is 38.3 Å². The molecule has 1 amide bonds. The van der Waals surface area contributed by atoms with E-state index in [1.807, 2.05) is 18.2 Å². The lowest BCUT2D eigenvalue weighted by Gasteiger charge is -2.36. The maximum Gasteiger partial charge on any atom is 0.260 e. The van der Waals surface area contributed by atoms with E-state index < -0.39 is 0 Å². The zero-order valence-corrected chi connectivity index (χ0v) is 15.6. The van der Waals surface area contributed by atoms with Crippen molar-refractivity contribution in [2.24, 2.45) is 0 Å². The van der Waals surface area contributed by atoms with E-state index in [2.05, 4.69) is 4.90 Å². The summed E-state index contributed by atoms with van der Waals surface area (Å²) in [6, 6.07) is 12.1. The average Bonchev–Trinajstić information content (AvgIpc) is 2.71. The van der Waals surface area contributed by atoms with Gasteiger partial charge in [-0.15, -0.1) is 0 Å². The fourth-order valence-corrected chi connectivity index (χ4v) is 3.05. The van der Waals surface area contributed by atoms with Crippen molar-refractivity contribution in [3.8, 4) is 23.0 Å². The number of carbonyl (C=O) groups excluding carboxylic acids is 1. The molecule has 3 rings (SSSR count). The largest absolute Gasteiger partial charge is 0.508 e. The number of hydrogen-bond donors (Lipinski definition) is 1. The minimum Gasteiger partial charge on any atom is -0.508 e. The Morgan fingerprint density at radius 3 is 2.44 bits per heavy atom. The van der Waals surface area contributed by atoms with Crippen molar-refractivity contribution in [1.82, 2.24) is 4.90 Å². The summed E-state index contributed by atoms with van der Waals surface area (Å²) in [6.07, 6.45) is 0. The van der Waals surface area contributed by atoms with E-state index in [-0.39, 0.29) is 18.3 Å². The number of piperazine rings is 1.